The van der Waals surface area contributed by atoms with Crippen molar-refractivity contribution in [2.24, 2.45) is 0 Å². The zero-order chi connectivity index (χ0) is 18.1. The summed E-state index contributed by atoms with van der Waals surface area (Å²) in [4.78, 5) is 23.8. The van der Waals surface area contributed by atoms with Crippen molar-refractivity contribution >= 4 is 23.1 Å². The minimum atomic E-state index is -1.25. The van der Waals surface area contributed by atoms with E-state index in [1.807, 2.05) is 0 Å². The number of aryl methyl sites for hydroxylation is 1. The van der Waals surface area contributed by atoms with Crippen LogP contribution >= 0.6 is 0 Å². The van der Waals surface area contributed by atoms with Crippen LogP contribution in [0.5, 0.6) is 0 Å². The van der Waals surface area contributed by atoms with E-state index in [9.17, 15) is 15.0 Å². The number of hydrogen-bond acceptors (Lipinski definition) is 9. The van der Waals surface area contributed by atoms with E-state index in [1.54, 1.807) is 13.8 Å². The molecule has 25 heavy (non-hydrogen) atoms. The smallest absolute Gasteiger partial charge is 0.407 e. The molecule has 11 nitrogen and oxygen atoms in total. The quantitative estimate of drug-likeness (QED) is 0.546. The largest absolute Gasteiger partial charge is 0.447 e. The molecule has 136 valence electrons. The van der Waals surface area contributed by atoms with E-state index in [0.717, 1.165) is 0 Å². The van der Waals surface area contributed by atoms with Crippen molar-refractivity contribution < 1.29 is 24.5 Å². The number of nitrogens with two attached hydrogens (primary N) is 1. The minimum Gasteiger partial charge on any atom is -0.447 e. The first-order chi connectivity index (χ1) is 11.9. The van der Waals surface area contributed by atoms with Crippen molar-refractivity contribution in [3.05, 3.63) is 12.2 Å². The van der Waals surface area contributed by atoms with Crippen LogP contribution in [-0.2, 0) is 9.47 Å². The molecule has 3 heterocycles. The fourth-order valence-electron chi connectivity index (χ4n) is 2.69. The number of ether oxygens (including phenoxy) is 2. The van der Waals surface area contributed by atoms with Crippen LogP contribution in [0.25, 0.3) is 11.2 Å². The third kappa shape index (κ3) is 3.21. The Balaban J connectivity index is 1.80. The van der Waals surface area contributed by atoms with Crippen molar-refractivity contribution in [3.63, 3.8) is 0 Å². The van der Waals surface area contributed by atoms with Crippen molar-refractivity contribution in [1.82, 2.24) is 24.8 Å². The zero-order valence-electron chi connectivity index (χ0n) is 13.8. The Bertz CT molecular complexity index is 780. The number of imidazole rings is 1. The molecule has 0 spiro atoms. The van der Waals surface area contributed by atoms with Crippen LogP contribution in [0.15, 0.2) is 6.33 Å². The van der Waals surface area contributed by atoms with Gasteiger partial charge in [-0.1, -0.05) is 0 Å². The molecule has 1 saturated heterocycles. The number of aliphatic hydroxyl groups excluding tert-OH is 2. The number of alkyl carbamates (subject to hydrolysis) is 1. The maximum atomic E-state index is 11.4. The third-order valence-electron chi connectivity index (χ3n) is 3.87. The van der Waals surface area contributed by atoms with Gasteiger partial charge in [0.15, 0.2) is 17.7 Å². The highest BCUT2D eigenvalue weighted by atomic mass is 16.6. The van der Waals surface area contributed by atoms with E-state index in [4.69, 9.17) is 15.2 Å². The molecule has 5 N–H and O–H groups in total. The Labute approximate surface area is 142 Å². The summed E-state index contributed by atoms with van der Waals surface area (Å²) in [5, 5.41) is 22.9. The van der Waals surface area contributed by atoms with Gasteiger partial charge in [0, 0.05) is 6.54 Å². The highest BCUT2D eigenvalue weighted by Gasteiger charge is 2.45. The second-order valence-corrected chi connectivity index (χ2v) is 5.66. The van der Waals surface area contributed by atoms with Crippen LogP contribution < -0.4 is 11.1 Å². The highest BCUT2D eigenvalue weighted by Crippen LogP contribution is 2.32. The molecule has 0 aromatic carbocycles. The zero-order valence-corrected chi connectivity index (χ0v) is 13.8. The fourth-order valence-corrected chi connectivity index (χ4v) is 2.69. The fraction of sp³-hybridized carbons (Fsp3) is 0.571. The van der Waals surface area contributed by atoms with Crippen LogP contribution in [0, 0.1) is 6.92 Å². The van der Waals surface area contributed by atoms with Crippen LogP contribution in [0.1, 0.15) is 19.0 Å². The summed E-state index contributed by atoms with van der Waals surface area (Å²) >= 11 is 0. The summed E-state index contributed by atoms with van der Waals surface area (Å²) in [6.07, 6.45) is -3.55. The Kier molecular flexibility index (Phi) is 4.70. The number of nitrogens with zero attached hydrogens (tertiary/aromatic N) is 4. The predicted octanol–water partition coefficient (Wildman–Crippen LogP) is -0.918. The molecule has 4 atom stereocenters. The standard InChI is InChI=1S/C14H20N6O5/c1-3-16-14(23)24-4-7-9(21)10(22)13(25-7)20-5-17-8-11(15)18-6(2)19-12(8)20/h5,7,9-10,13,21-22H,3-4H2,1-2H3,(H,16,23)(H2,15,18,19)/t7-,9?,10+,13-/m1/s1. The Morgan fingerprint density at radius 1 is 1.44 bits per heavy atom. The number of carbonyl (C=O) groups is 1. The summed E-state index contributed by atoms with van der Waals surface area (Å²) in [6, 6.07) is 0. The molecule has 1 aliphatic heterocycles. The number of carbonyl (C=O) groups excluding carboxylic acids is 1. The van der Waals surface area contributed by atoms with Crippen LogP contribution in [-0.4, -0.2) is 67.3 Å². The van der Waals surface area contributed by atoms with Crippen LogP contribution in [0.2, 0.25) is 0 Å². The molecule has 0 saturated carbocycles. The Hall–Kier alpha value is -2.50. The minimum absolute atomic E-state index is 0.205. The monoisotopic (exact) mass is 352 g/mol. The molecule has 3 rings (SSSR count). The molecule has 1 unspecified atom stereocenters. The summed E-state index contributed by atoms with van der Waals surface area (Å²) in [5.74, 6) is 0.654. The van der Waals surface area contributed by atoms with E-state index >= 15 is 0 Å². The lowest BCUT2D eigenvalue weighted by atomic mass is 10.1. The molecular formula is C14H20N6O5. The normalized spacial score (nSPS) is 26.1. The van der Waals surface area contributed by atoms with Gasteiger partial charge in [0.05, 0.1) is 6.33 Å². The topological polar surface area (TPSA) is 158 Å². The molecule has 1 aliphatic rings. The lowest BCUT2D eigenvalue weighted by molar-refractivity contribution is -0.0532. The molecular weight excluding hydrogens is 332 g/mol. The van der Waals surface area contributed by atoms with Gasteiger partial charge in [-0.25, -0.2) is 19.7 Å². The first-order valence-corrected chi connectivity index (χ1v) is 7.81. The van der Waals surface area contributed by atoms with Gasteiger partial charge in [-0.05, 0) is 13.8 Å². The molecule has 1 amide bonds. The molecule has 11 heteroatoms. The van der Waals surface area contributed by atoms with Crippen molar-refractivity contribution in [1.29, 1.82) is 0 Å². The molecule has 2 aromatic heterocycles. The van der Waals surface area contributed by atoms with Gasteiger partial charge in [-0.15, -0.1) is 0 Å². The number of aliphatic hydroxyl groups is 2. The summed E-state index contributed by atoms with van der Waals surface area (Å²) < 4.78 is 12.1. The van der Waals surface area contributed by atoms with Crippen molar-refractivity contribution in [2.75, 3.05) is 18.9 Å². The summed E-state index contributed by atoms with van der Waals surface area (Å²) in [6.45, 7) is 3.64. The second-order valence-electron chi connectivity index (χ2n) is 5.66. The number of aromatic nitrogens is 4. The number of anilines is 1. The van der Waals surface area contributed by atoms with Crippen molar-refractivity contribution in [2.45, 2.75) is 38.4 Å². The molecule has 0 radical (unpaired) electrons. The predicted molar refractivity (Wildman–Crippen MR) is 85.4 cm³/mol. The SMILES string of the molecule is CCNC(=O)OC[C@H]1O[C@@H](n2cnc3c(N)nc(C)nc32)[C@@H](O)C1O. The third-order valence-corrected chi connectivity index (χ3v) is 3.87. The maximum absolute atomic E-state index is 11.4. The number of hydrogen-bond donors (Lipinski definition) is 4. The van der Waals surface area contributed by atoms with Gasteiger partial charge in [-0.3, -0.25) is 4.57 Å². The average molecular weight is 352 g/mol. The summed E-state index contributed by atoms with van der Waals surface area (Å²) in [5.41, 5.74) is 6.58. The van der Waals surface area contributed by atoms with E-state index in [-0.39, 0.29) is 12.4 Å². The number of nitrogen functional groups attached to an aromatic ring is 1. The number of rotatable bonds is 4. The molecule has 2 aromatic rings. The van der Waals surface area contributed by atoms with Gasteiger partial charge in [0.2, 0.25) is 0 Å². The molecule has 0 bridgehead atoms. The van der Waals surface area contributed by atoms with Crippen molar-refractivity contribution in [3.8, 4) is 0 Å². The van der Waals surface area contributed by atoms with E-state index in [0.29, 0.717) is 23.5 Å². The van der Waals surface area contributed by atoms with E-state index in [1.165, 1.54) is 10.9 Å². The van der Waals surface area contributed by atoms with Crippen LogP contribution in [0.4, 0.5) is 10.6 Å². The molecule has 1 fully saturated rings. The average Bonchev–Trinajstić information content (AvgIpc) is 3.09. The Morgan fingerprint density at radius 2 is 2.20 bits per heavy atom. The molecule has 0 aliphatic carbocycles. The lowest BCUT2D eigenvalue weighted by Gasteiger charge is -2.16. The first-order valence-electron chi connectivity index (χ1n) is 7.81. The van der Waals surface area contributed by atoms with Gasteiger partial charge >= 0.3 is 6.09 Å². The van der Waals surface area contributed by atoms with Gasteiger partial charge in [0.25, 0.3) is 0 Å². The Morgan fingerprint density at radius 3 is 2.92 bits per heavy atom. The van der Waals surface area contributed by atoms with Gasteiger partial charge < -0.3 is 30.7 Å². The number of fused-ring (bicyclic) bond motifs is 1. The van der Waals surface area contributed by atoms with Crippen LogP contribution in [0.3, 0.4) is 0 Å². The number of nitrogens with one attached hydrogen (secondary N) is 1. The lowest BCUT2D eigenvalue weighted by Crippen LogP contribution is -2.35. The van der Waals surface area contributed by atoms with E-state index in [2.05, 4.69) is 20.3 Å². The summed E-state index contributed by atoms with van der Waals surface area (Å²) in [7, 11) is 0. The highest BCUT2D eigenvalue weighted by molar-refractivity contribution is 5.81. The van der Waals surface area contributed by atoms with Gasteiger partial charge in [-0.2, -0.15) is 0 Å². The first kappa shape index (κ1) is 17.3. The maximum Gasteiger partial charge on any atom is 0.407 e. The van der Waals surface area contributed by atoms with Gasteiger partial charge in [0.1, 0.15) is 36.3 Å². The second kappa shape index (κ2) is 6.78. The number of amides is 1. The van der Waals surface area contributed by atoms with E-state index < -0.39 is 30.6 Å².